The van der Waals surface area contributed by atoms with Gasteiger partial charge >= 0.3 is 0 Å². The molecule has 56 valence electrons. The second-order valence-corrected chi connectivity index (χ2v) is 4.48. The van der Waals surface area contributed by atoms with Crippen molar-refractivity contribution in [2.24, 2.45) is 11.3 Å². The van der Waals surface area contributed by atoms with E-state index in [2.05, 4.69) is 36.9 Å². The molecule has 0 saturated carbocycles. The van der Waals surface area contributed by atoms with Crippen LogP contribution in [0.1, 0.15) is 34.1 Å². The highest BCUT2D eigenvalue weighted by Gasteiger charge is 2.11. The highest BCUT2D eigenvalue weighted by molar-refractivity contribution is 7.16. The Morgan fingerprint density at radius 1 is 1.33 bits per heavy atom. The van der Waals surface area contributed by atoms with Crippen LogP contribution in [-0.4, -0.2) is 6.16 Å². The quantitative estimate of drug-likeness (QED) is 0.523. The van der Waals surface area contributed by atoms with Gasteiger partial charge in [-0.15, -0.1) is 0 Å². The van der Waals surface area contributed by atoms with Crippen LogP contribution in [0.5, 0.6) is 0 Å². The lowest BCUT2D eigenvalue weighted by atomic mass is 9.86. The first-order valence-corrected chi connectivity index (χ1v) is 4.31. The van der Waals surface area contributed by atoms with Crippen molar-refractivity contribution in [1.29, 1.82) is 0 Å². The molecule has 0 heterocycles. The Bertz CT molecular complexity index is 71.1. The molecule has 0 bridgehead atoms. The molecule has 0 rings (SSSR count). The molecular weight excluding hydrogens is 127 g/mol. The minimum atomic E-state index is 0.492. The van der Waals surface area contributed by atoms with Crippen LogP contribution in [0.3, 0.4) is 0 Å². The molecule has 9 heavy (non-hydrogen) atoms. The minimum Gasteiger partial charge on any atom is -0.558 e. The average molecular weight is 145 g/mol. The summed E-state index contributed by atoms with van der Waals surface area (Å²) in [6, 6.07) is 0. The summed E-state index contributed by atoms with van der Waals surface area (Å²) in [5, 5.41) is 0. The zero-order valence-electron chi connectivity index (χ0n) is 6.99. The van der Waals surface area contributed by atoms with E-state index in [0.29, 0.717) is 5.41 Å². The molecule has 0 saturated heterocycles. The molecule has 0 N–H and O–H groups in total. The summed E-state index contributed by atoms with van der Waals surface area (Å²) in [5.41, 5.74) is 0.492. The summed E-state index contributed by atoms with van der Waals surface area (Å²) >= 11 is 0. The first-order chi connectivity index (χ1) is 3.95. The third-order valence-corrected chi connectivity index (χ3v) is 2.01. The fourth-order valence-corrected chi connectivity index (χ4v) is 1.26. The second kappa shape index (κ2) is 3.56. The fourth-order valence-electron chi connectivity index (χ4n) is 1.12. The molecule has 0 nitrogen and oxygen atoms in total. The normalized spacial score (nSPS) is 15.7. The van der Waals surface area contributed by atoms with Crippen LogP contribution in [0.4, 0.5) is 0 Å². The fraction of sp³-hybridized carbons (Fsp3) is 1.00. The zero-order chi connectivity index (χ0) is 7.49. The van der Waals surface area contributed by atoms with E-state index in [1.54, 1.807) is 0 Å². The third kappa shape index (κ3) is 6.31. The Kier molecular flexibility index (Phi) is 3.73. The van der Waals surface area contributed by atoms with Crippen molar-refractivity contribution >= 4 is 9.24 Å². The summed E-state index contributed by atoms with van der Waals surface area (Å²) < 4.78 is 0. The Balaban J connectivity index is 3.47. The summed E-state index contributed by atoms with van der Waals surface area (Å²) in [7, 11) is 3.51. The molecule has 0 aliphatic rings. The second-order valence-electron chi connectivity index (χ2n) is 4.07. The van der Waals surface area contributed by atoms with Gasteiger partial charge in [-0.1, -0.05) is 33.6 Å². The van der Waals surface area contributed by atoms with Crippen molar-refractivity contribution in [3.63, 3.8) is 0 Å². The summed E-state index contributed by atoms with van der Waals surface area (Å²) in [5.74, 6) is 0.807. The molecule has 0 aromatic carbocycles. The Morgan fingerprint density at radius 3 is 1.89 bits per heavy atom. The van der Waals surface area contributed by atoms with Crippen molar-refractivity contribution in [3.8, 4) is 0 Å². The Labute approximate surface area is 61.6 Å². The van der Waals surface area contributed by atoms with E-state index in [1.165, 1.54) is 6.42 Å². The van der Waals surface area contributed by atoms with E-state index in [9.17, 15) is 0 Å². The molecular formula is C8H18P-. The van der Waals surface area contributed by atoms with E-state index in [0.717, 1.165) is 12.1 Å². The molecule has 1 atom stereocenters. The topological polar surface area (TPSA) is 0 Å². The number of hydrogen-bond acceptors (Lipinski definition) is 0. The molecule has 0 aromatic heterocycles. The Morgan fingerprint density at radius 2 is 1.78 bits per heavy atom. The predicted molar refractivity (Wildman–Crippen MR) is 46.4 cm³/mol. The summed E-state index contributed by atoms with van der Waals surface area (Å²) in [6.07, 6.45) is 2.42. The third-order valence-electron chi connectivity index (χ3n) is 1.31. The van der Waals surface area contributed by atoms with Crippen LogP contribution in [0.15, 0.2) is 0 Å². The highest BCUT2D eigenvalue weighted by atomic mass is 31.0. The van der Waals surface area contributed by atoms with E-state index >= 15 is 0 Å². The smallest absolute Gasteiger partial charge is 0.0381 e. The van der Waals surface area contributed by atoms with E-state index in [1.807, 2.05) is 0 Å². The van der Waals surface area contributed by atoms with Crippen LogP contribution in [0.2, 0.25) is 0 Å². The maximum absolute atomic E-state index is 3.51. The molecule has 0 fully saturated rings. The summed E-state index contributed by atoms with van der Waals surface area (Å²) in [6.45, 7) is 9.13. The van der Waals surface area contributed by atoms with Crippen molar-refractivity contribution in [2.45, 2.75) is 34.1 Å². The highest BCUT2D eigenvalue weighted by Crippen LogP contribution is 2.24. The van der Waals surface area contributed by atoms with Crippen LogP contribution in [-0.2, 0) is 0 Å². The van der Waals surface area contributed by atoms with Gasteiger partial charge in [0.25, 0.3) is 0 Å². The lowest BCUT2D eigenvalue weighted by Gasteiger charge is -2.24. The van der Waals surface area contributed by atoms with Gasteiger partial charge in [-0.2, -0.15) is 6.16 Å². The van der Waals surface area contributed by atoms with Crippen LogP contribution >= 0.6 is 9.24 Å². The maximum atomic E-state index is 3.51. The predicted octanol–water partition coefficient (Wildman–Crippen LogP) is 3.20. The van der Waals surface area contributed by atoms with Gasteiger partial charge in [0.15, 0.2) is 0 Å². The van der Waals surface area contributed by atoms with E-state index in [-0.39, 0.29) is 0 Å². The zero-order valence-corrected chi connectivity index (χ0v) is 7.99. The van der Waals surface area contributed by atoms with Crippen molar-refractivity contribution in [1.82, 2.24) is 0 Å². The average Bonchev–Trinajstić information content (AvgIpc) is 1.62. The Hall–Kier alpha value is 0.430. The lowest BCUT2D eigenvalue weighted by Crippen LogP contribution is -2.11. The van der Waals surface area contributed by atoms with Gasteiger partial charge in [-0.05, 0) is 11.8 Å². The van der Waals surface area contributed by atoms with Gasteiger partial charge in [0.05, 0.1) is 0 Å². The van der Waals surface area contributed by atoms with Gasteiger partial charge in [-0.3, -0.25) is 0 Å². The van der Waals surface area contributed by atoms with Crippen molar-refractivity contribution in [2.75, 3.05) is 6.16 Å². The maximum Gasteiger partial charge on any atom is -0.0381 e. The first kappa shape index (κ1) is 9.43. The largest absolute Gasteiger partial charge is 0.558 e. The number of rotatable bonds is 2. The van der Waals surface area contributed by atoms with Gasteiger partial charge < -0.3 is 9.24 Å². The van der Waals surface area contributed by atoms with Gasteiger partial charge in [-0.25, -0.2) is 0 Å². The van der Waals surface area contributed by atoms with Crippen LogP contribution < -0.4 is 0 Å². The first-order valence-electron chi connectivity index (χ1n) is 3.60. The van der Waals surface area contributed by atoms with E-state index < -0.39 is 0 Å². The molecule has 0 radical (unpaired) electrons. The SMILES string of the molecule is CC(C[PH-])CC(C)(C)C. The lowest BCUT2D eigenvalue weighted by molar-refractivity contribution is 0.323. The molecule has 1 heteroatoms. The molecule has 0 aliphatic heterocycles. The van der Waals surface area contributed by atoms with Gasteiger partial charge in [0.2, 0.25) is 0 Å². The van der Waals surface area contributed by atoms with Crippen molar-refractivity contribution in [3.05, 3.63) is 0 Å². The monoisotopic (exact) mass is 145 g/mol. The van der Waals surface area contributed by atoms with Crippen LogP contribution in [0.25, 0.3) is 0 Å². The molecule has 0 amide bonds. The van der Waals surface area contributed by atoms with Gasteiger partial charge in [0.1, 0.15) is 0 Å². The van der Waals surface area contributed by atoms with Crippen LogP contribution in [0, 0.1) is 11.3 Å². The molecule has 0 aliphatic carbocycles. The molecule has 0 spiro atoms. The van der Waals surface area contributed by atoms with Gasteiger partial charge in [0, 0.05) is 0 Å². The molecule has 0 aromatic rings. The molecule has 1 unspecified atom stereocenters. The minimum absolute atomic E-state index is 0.492. The van der Waals surface area contributed by atoms with E-state index in [4.69, 9.17) is 0 Å². The number of hydrogen-bond donors (Lipinski definition) is 0. The summed E-state index contributed by atoms with van der Waals surface area (Å²) in [4.78, 5) is 0. The standard InChI is InChI=1S/C8H18P/c1-7(6-9)5-8(2,3)4/h7,9H,5-6H2,1-4H3/q-1. The van der Waals surface area contributed by atoms with Crippen molar-refractivity contribution < 1.29 is 0 Å².